The van der Waals surface area contributed by atoms with E-state index in [9.17, 15) is 9.59 Å². The summed E-state index contributed by atoms with van der Waals surface area (Å²) >= 11 is 5.98. The van der Waals surface area contributed by atoms with Crippen molar-refractivity contribution in [1.82, 2.24) is 9.99 Å². The van der Waals surface area contributed by atoms with Crippen molar-refractivity contribution >= 4 is 40.7 Å². The standard InChI is InChI=1S/C25H22ClN3O4/c1-4-32-25(31)17-5-8-21(9-6-17)29-15(2)11-19(16(29)3)14-27-28-24(30)23-13-18-12-20(26)7-10-22(18)33-23/h5-14H,4H2,1-3H3,(H,28,30)/b27-14+. The number of carbonyl (C=O) groups is 2. The van der Waals surface area contributed by atoms with Crippen LogP contribution in [0.3, 0.4) is 0 Å². The van der Waals surface area contributed by atoms with E-state index in [1.54, 1.807) is 49.5 Å². The maximum absolute atomic E-state index is 12.4. The number of benzene rings is 2. The number of furan rings is 1. The molecule has 4 aromatic rings. The molecule has 0 unspecified atom stereocenters. The van der Waals surface area contributed by atoms with E-state index in [0.717, 1.165) is 28.0 Å². The molecule has 0 atom stereocenters. The Bertz CT molecular complexity index is 1370. The Morgan fingerprint density at radius 3 is 2.61 bits per heavy atom. The minimum atomic E-state index is -0.457. The van der Waals surface area contributed by atoms with Crippen LogP contribution in [0, 0.1) is 13.8 Å². The molecule has 0 aliphatic carbocycles. The number of hydrogen-bond donors (Lipinski definition) is 1. The molecule has 4 rings (SSSR count). The summed E-state index contributed by atoms with van der Waals surface area (Å²) < 4.78 is 12.6. The zero-order valence-electron chi connectivity index (χ0n) is 18.4. The summed E-state index contributed by atoms with van der Waals surface area (Å²) in [5.74, 6) is -0.653. The number of nitrogens with zero attached hydrogens (tertiary/aromatic N) is 2. The van der Waals surface area contributed by atoms with Gasteiger partial charge in [0.25, 0.3) is 0 Å². The Hall–Kier alpha value is -3.84. The number of esters is 1. The fourth-order valence-electron chi connectivity index (χ4n) is 3.62. The van der Waals surface area contributed by atoms with Crippen LogP contribution >= 0.6 is 11.6 Å². The lowest BCUT2D eigenvalue weighted by Gasteiger charge is -2.10. The van der Waals surface area contributed by atoms with E-state index >= 15 is 0 Å². The first kappa shape index (κ1) is 22.4. The highest BCUT2D eigenvalue weighted by molar-refractivity contribution is 6.31. The molecule has 1 amide bonds. The smallest absolute Gasteiger partial charge is 0.338 e. The molecule has 2 aromatic carbocycles. The largest absolute Gasteiger partial charge is 0.462 e. The van der Waals surface area contributed by atoms with Gasteiger partial charge in [0, 0.05) is 33.0 Å². The maximum atomic E-state index is 12.4. The van der Waals surface area contributed by atoms with E-state index in [0.29, 0.717) is 22.8 Å². The van der Waals surface area contributed by atoms with Crippen molar-refractivity contribution in [3.8, 4) is 5.69 Å². The lowest BCUT2D eigenvalue weighted by molar-refractivity contribution is 0.0526. The lowest BCUT2D eigenvalue weighted by atomic mass is 10.2. The molecular weight excluding hydrogens is 442 g/mol. The Balaban J connectivity index is 1.49. The number of hydrogen-bond acceptors (Lipinski definition) is 5. The van der Waals surface area contributed by atoms with Gasteiger partial charge in [-0.15, -0.1) is 0 Å². The van der Waals surface area contributed by atoms with Crippen LogP contribution in [-0.4, -0.2) is 29.3 Å². The van der Waals surface area contributed by atoms with E-state index in [4.69, 9.17) is 20.8 Å². The highest BCUT2D eigenvalue weighted by atomic mass is 35.5. The summed E-state index contributed by atoms with van der Waals surface area (Å²) in [5.41, 5.74) is 7.24. The van der Waals surface area contributed by atoms with Gasteiger partial charge >= 0.3 is 11.9 Å². The summed E-state index contributed by atoms with van der Waals surface area (Å²) in [6.07, 6.45) is 1.59. The number of aromatic nitrogens is 1. The topological polar surface area (TPSA) is 85.8 Å². The zero-order valence-corrected chi connectivity index (χ0v) is 19.1. The van der Waals surface area contributed by atoms with E-state index < -0.39 is 5.91 Å². The van der Waals surface area contributed by atoms with Gasteiger partial charge in [-0.3, -0.25) is 4.79 Å². The van der Waals surface area contributed by atoms with Crippen LogP contribution in [0.25, 0.3) is 16.7 Å². The van der Waals surface area contributed by atoms with Gasteiger partial charge in [0.05, 0.1) is 18.4 Å². The van der Waals surface area contributed by atoms with E-state index in [1.807, 2.05) is 36.6 Å². The highest BCUT2D eigenvalue weighted by Crippen LogP contribution is 2.23. The maximum Gasteiger partial charge on any atom is 0.338 e. The number of carbonyl (C=O) groups excluding carboxylic acids is 2. The van der Waals surface area contributed by atoms with Crippen molar-refractivity contribution in [3.05, 3.63) is 87.9 Å². The van der Waals surface area contributed by atoms with Crippen molar-refractivity contribution in [2.24, 2.45) is 5.10 Å². The molecule has 7 nitrogen and oxygen atoms in total. The minimum absolute atomic E-state index is 0.150. The monoisotopic (exact) mass is 463 g/mol. The van der Waals surface area contributed by atoms with Gasteiger partial charge in [0.15, 0.2) is 5.76 Å². The van der Waals surface area contributed by atoms with Crippen LogP contribution in [0.5, 0.6) is 0 Å². The molecule has 168 valence electrons. The molecule has 1 N–H and O–H groups in total. The van der Waals surface area contributed by atoms with E-state index in [-0.39, 0.29) is 11.7 Å². The second kappa shape index (κ2) is 9.34. The predicted molar refractivity (Wildman–Crippen MR) is 127 cm³/mol. The molecule has 0 saturated heterocycles. The number of halogens is 1. The summed E-state index contributed by atoms with van der Waals surface area (Å²) in [7, 11) is 0. The molecule has 0 spiro atoms. The number of amides is 1. The van der Waals surface area contributed by atoms with Crippen LogP contribution in [0.4, 0.5) is 0 Å². The third-order valence-electron chi connectivity index (χ3n) is 5.18. The second-order valence-electron chi connectivity index (χ2n) is 7.42. The molecule has 0 fully saturated rings. The van der Waals surface area contributed by atoms with Crippen LogP contribution in [0.1, 0.15) is 44.8 Å². The number of fused-ring (bicyclic) bond motifs is 1. The van der Waals surface area contributed by atoms with Crippen molar-refractivity contribution in [2.45, 2.75) is 20.8 Å². The van der Waals surface area contributed by atoms with Gasteiger partial charge in [-0.2, -0.15) is 5.10 Å². The summed E-state index contributed by atoms with van der Waals surface area (Å²) in [6, 6.07) is 15.9. The first-order valence-corrected chi connectivity index (χ1v) is 10.7. The van der Waals surface area contributed by atoms with Gasteiger partial charge in [-0.1, -0.05) is 11.6 Å². The first-order valence-electron chi connectivity index (χ1n) is 10.4. The zero-order chi connectivity index (χ0) is 23.5. The molecular formula is C25H22ClN3O4. The van der Waals surface area contributed by atoms with Crippen molar-refractivity contribution in [1.29, 1.82) is 0 Å². The molecule has 0 aliphatic heterocycles. The molecule has 0 saturated carbocycles. The fraction of sp³-hybridized carbons (Fsp3) is 0.160. The van der Waals surface area contributed by atoms with Crippen molar-refractivity contribution < 1.29 is 18.7 Å². The summed E-state index contributed by atoms with van der Waals surface area (Å²) in [5, 5.41) is 5.40. The molecule has 0 radical (unpaired) electrons. The average molecular weight is 464 g/mol. The van der Waals surface area contributed by atoms with Crippen LogP contribution in [0.15, 0.2) is 64.1 Å². The SMILES string of the molecule is CCOC(=O)c1ccc(-n2c(C)cc(/C=N/NC(=O)c3cc4cc(Cl)ccc4o3)c2C)cc1. The van der Waals surface area contributed by atoms with Crippen LogP contribution in [-0.2, 0) is 4.74 Å². The quantitative estimate of drug-likeness (QED) is 0.234. The van der Waals surface area contributed by atoms with Crippen molar-refractivity contribution in [2.75, 3.05) is 6.61 Å². The molecule has 2 heterocycles. The number of aryl methyl sites for hydroxylation is 1. The Morgan fingerprint density at radius 2 is 1.88 bits per heavy atom. The normalized spacial score (nSPS) is 11.3. The molecule has 33 heavy (non-hydrogen) atoms. The number of hydrazone groups is 1. The summed E-state index contributed by atoms with van der Waals surface area (Å²) in [6.45, 7) is 6.04. The third kappa shape index (κ3) is 4.68. The Kier molecular flexibility index (Phi) is 6.33. The van der Waals surface area contributed by atoms with E-state index in [2.05, 4.69) is 10.5 Å². The molecule has 8 heteroatoms. The molecule has 0 bridgehead atoms. The van der Waals surface area contributed by atoms with Gasteiger partial charge in [-0.05, 0) is 75.4 Å². The summed E-state index contributed by atoms with van der Waals surface area (Å²) in [4.78, 5) is 24.3. The lowest BCUT2D eigenvalue weighted by Crippen LogP contribution is -2.16. The van der Waals surface area contributed by atoms with E-state index in [1.165, 1.54) is 0 Å². The predicted octanol–water partition coefficient (Wildman–Crippen LogP) is 5.43. The highest BCUT2D eigenvalue weighted by Gasteiger charge is 2.13. The van der Waals surface area contributed by atoms with Crippen molar-refractivity contribution in [3.63, 3.8) is 0 Å². The number of nitrogens with one attached hydrogen (secondary N) is 1. The van der Waals surface area contributed by atoms with Gasteiger partial charge in [0.2, 0.25) is 0 Å². The molecule has 2 aromatic heterocycles. The Labute approximate surface area is 195 Å². The van der Waals surface area contributed by atoms with Gasteiger partial charge in [0.1, 0.15) is 5.58 Å². The molecule has 0 aliphatic rings. The fourth-order valence-corrected chi connectivity index (χ4v) is 3.80. The minimum Gasteiger partial charge on any atom is -0.462 e. The van der Waals surface area contributed by atoms with Gasteiger partial charge in [-0.25, -0.2) is 10.2 Å². The van der Waals surface area contributed by atoms with Crippen LogP contribution in [0.2, 0.25) is 5.02 Å². The van der Waals surface area contributed by atoms with Gasteiger partial charge < -0.3 is 13.7 Å². The second-order valence-corrected chi connectivity index (χ2v) is 7.86. The number of rotatable bonds is 6. The van der Waals surface area contributed by atoms with Crippen LogP contribution < -0.4 is 5.43 Å². The third-order valence-corrected chi connectivity index (χ3v) is 5.41. The first-order chi connectivity index (χ1) is 15.9. The average Bonchev–Trinajstić information content (AvgIpc) is 3.34. The number of ether oxygens (including phenoxy) is 1. The Morgan fingerprint density at radius 1 is 1.12 bits per heavy atom.